The van der Waals surface area contributed by atoms with Crippen LogP contribution in [-0.2, 0) is 25.7 Å². The van der Waals surface area contributed by atoms with E-state index >= 15 is 0 Å². The molecular formula is C108H104. The number of rotatable bonds is 28. The van der Waals surface area contributed by atoms with Crippen LogP contribution in [0.1, 0.15) is 153 Å². The standard InChI is InChI=1S/2C54H52/c2*1-3-5-7-11-17-39-23-27-41(28-24-39)47-35-45-31-33-50-49(53(45)51(37-47)43-19-13-9-14-20-43)34-32-46-36-48(38-52(54(46)50)44-21-15-10-16-22-44)42-29-25-40(26-30-42)18-12-8-6-4-2/h2*9-10,13-16,19-38H,3-8,11-12,17-18H2,1-2H3. The molecule has 0 heteroatoms. The first-order valence-electron chi connectivity index (χ1n) is 40.9. The maximum absolute atomic E-state index is 2.42. The largest absolute Gasteiger partial charge is 0.0654 e. The molecule has 0 aliphatic heterocycles. The molecule has 0 heterocycles. The Hall–Kier alpha value is -10.9. The van der Waals surface area contributed by atoms with Gasteiger partial charge in [-0.05, 0) is 276 Å². The lowest BCUT2D eigenvalue weighted by Gasteiger charge is -2.17. The van der Waals surface area contributed by atoms with Crippen molar-refractivity contribution in [1.82, 2.24) is 0 Å². The molecule has 0 radical (unpaired) electrons. The molecule has 0 N–H and O–H groups in total. The van der Waals surface area contributed by atoms with Gasteiger partial charge in [0.15, 0.2) is 0 Å². The van der Waals surface area contributed by atoms with Crippen LogP contribution in [0.25, 0.3) is 154 Å². The van der Waals surface area contributed by atoms with E-state index in [9.17, 15) is 0 Å². The summed E-state index contributed by atoms with van der Waals surface area (Å²) in [4.78, 5) is 0. The zero-order valence-corrected chi connectivity index (χ0v) is 64.2. The fourth-order valence-electron chi connectivity index (χ4n) is 16.8. The molecule has 536 valence electrons. The highest BCUT2D eigenvalue weighted by atomic mass is 14.2. The molecule has 0 spiro atoms. The van der Waals surface area contributed by atoms with E-state index in [1.54, 1.807) is 0 Å². The third-order valence-electron chi connectivity index (χ3n) is 22.8. The molecule has 16 aromatic rings. The summed E-state index contributed by atoms with van der Waals surface area (Å²) in [5, 5.41) is 15.5. The van der Waals surface area contributed by atoms with Crippen LogP contribution in [0, 0.1) is 0 Å². The van der Waals surface area contributed by atoms with Crippen molar-refractivity contribution in [3.05, 3.63) is 338 Å². The topological polar surface area (TPSA) is 0 Å². The summed E-state index contributed by atoms with van der Waals surface area (Å²) >= 11 is 0. The smallest absolute Gasteiger partial charge is 0.00262 e. The normalized spacial score (nSPS) is 11.5. The van der Waals surface area contributed by atoms with Crippen LogP contribution in [0.15, 0.2) is 315 Å². The highest BCUT2D eigenvalue weighted by Crippen LogP contribution is 2.47. The summed E-state index contributed by atoms with van der Waals surface area (Å²) in [6, 6.07) is 119. The van der Waals surface area contributed by atoms with Crippen molar-refractivity contribution in [2.45, 2.75) is 156 Å². The molecule has 0 atom stereocenters. The van der Waals surface area contributed by atoms with Gasteiger partial charge in [0.2, 0.25) is 0 Å². The molecule has 0 aromatic heterocycles. The lowest BCUT2D eigenvalue weighted by Crippen LogP contribution is -1.91. The fraction of sp³-hybridized carbons (Fsp3) is 0.222. The number of aryl methyl sites for hydroxylation is 4. The molecular weight excluding hydrogens is 1300 g/mol. The summed E-state index contributed by atoms with van der Waals surface area (Å²) in [6.45, 7) is 9.11. The second-order valence-electron chi connectivity index (χ2n) is 30.4. The average molecular weight is 1400 g/mol. The van der Waals surface area contributed by atoms with Crippen molar-refractivity contribution in [1.29, 1.82) is 0 Å². The molecule has 0 nitrogen and oxygen atoms in total. The van der Waals surface area contributed by atoms with Gasteiger partial charge in [-0.3, -0.25) is 0 Å². The van der Waals surface area contributed by atoms with E-state index < -0.39 is 0 Å². The van der Waals surface area contributed by atoms with Crippen molar-refractivity contribution in [3.63, 3.8) is 0 Å². The highest BCUT2D eigenvalue weighted by molar-refractivity contribution is 6.26. The van der Waals surface area contributed by atoms with E-state index in [4.69, 9.17) is 0 Å². The minimum Gasteiger partial charge on any atom is -0.0654 e. The van der Waals surface area contributed by atoms with Gasteiger partial charge in [-0.1, -0.05) is 372 Å². The van der Waals surface area contributed by atoms with Crippen molar-refractivity contribution in [2.24, 2.45) is 0 Å². The van der Waals surface area contributed by atoms with Crippen molar-refractivity contribution in [3.8, 4) is 89.0 Å². The maximum Gasteiger partial charge on any atom is -0.00262 e. The van der Waals surface area contributed by atoms with Crippen molar-refractivity contribution in [2.75, 3.05) is 0 Å². The Kier molecular flexibility index (Phi) is 23.7. The SMILES string of the molecule is CCCCCCc1ccc(-c2cc(-c3ccccc3)c3c(ccc4c3ccc3cc(-c5ccc(CCCCCC)cc5)cc(-c5ccccc5)c34)c2)cc1.CCCCCCc1ccc(-c2cc(-c3ccccc3)c3c(ccc4c3ccc3cc(-c5ccc(CCCCCC)cc5)cc(-c5ccccc5)c34)c2)cc1. The van der Waals surface area contributed by atoms with Gasteiger partial charge in [0.05, 0.1) is 0 Å². The minimum atomic E-state index is 1.16. The van der Waals surface area contributed by atoms with E-state index in [1.165, 1.54) is 279 Å². The third kappa shape index (κ3) is 16.6. The molecule has 0 unspecified atom stereocenters. The van der Waals surface area contributed by atoms with Crippen molar-refractivity contribution < 1.29 is 0 Å². The third-order valence-corrected chi connectivity index (χ3v) is 22.8. The summed E-state index contributed by atoms with van der Waals surface area (Å²) in [7, 11) is 0. The number of hydrogen-bond donors (Lipinski definition) is 0. The number of unbranched alkanes of at least 4 members (excludes halogenated alkanes) is 12. The quantitative estimate of drug-likeness (QED) is 0.0339. The summed E-state index contributed by atoms with van der Waals surface area (Å²) in [5.74, 6) is 0. The molecule has 16 aromatic carbocycles. The molecule has 0 aliphatic carbocycles. The Labute approximate surface area is 643 Å². The fourth-order valence-corrected chi connectivity index (χ4v) is 16.8. The van der Waals surface area contributed by atoms with Crippen LogP contribution in [0.5, 0.6) is 0 Å². The van der Waals surface area contributed by atoms with Gasteiger partial charge in [0.25, 0.3) is 0 Å². The monoisotopic (exact) mass is 1400 g/mol. The van der Waals surface area contributed by atoms with E-state index in [0.29, 0.717) is 0 Å². The summed E-state index contributed by atoms with van der Waals surface area (Å²) < 4.78 is 0. The lowest BCUT2D eigenvalue weighted by atomic mass is 9.86. The minimum absolute atomic E-state index is 1.16. The van der Waals surface area contributed by atoms with Crippen LogP contribution >= 0.6 is 0 Å². The van der Waals surface area contributed by atoms with E-state index in [2.05, 4.69) is 343 Å². The number of hydrogen-bond acceptors (Lipinski definition) is 0. The van der Waals surface area contributed by atoms with Gasteiger partial charge < -0.3 is 0 Å². The van der Waals surface area contributed by atoms with Gasteiger partial charge in [0.1, 0.15) is 0 Å². The lowest BCUT2D eigenvalue weighted by molar-refractivity contribution is 0.667. The van der Waals surface area contributed by atoms with Crippen LogP contribution < -0.4 is 0 Å². The average Bonchev–Trinajstić information content (AvgIpc) is 0.734. The van der Waals surface area contributed by atoms with E-state index in [-0.39, 0.29) is 0 Å². The summed E-state index contributed by atoms with van der Waals surface area (Å²) in [5.41, 5.74) is 26.0. The second kappa shape index (κ2) is 35.2. The zero-order chi connectivity index (χ0) is 73.4. The second-order valence-corrected chi connectivity index (χ2v) is 30.4. The van der Waals surface area contributed by atoms with Gasteiger partial charge in [-0.15, -0.1) is 0 Å². The van der Waals surface area contributed by atoms with Crippen LogP contribution in [-0.4, -0.2) is 0 Å². The van der Waals surface area contributed by atoms with Gasteiger partial charge in [-0.25, -0.2) is 0 Å². The number of benzene rings is 16. The first-order valence-corrected chi connectivity index (χ1v) is 40.9. The van der Waals surface area contributed by atoms with E-state index in [0.717, 1.165) is 25.7 Å². The van der Waals surface area contributed by atoms with Gasteiger partial charge >= 0.3 is 0 Å². The Bertz CT molecular complexity index is 4940. The Morgan fingerprint density at radius 3 is 0.556 bits per heavy atom. The summed E-state index contributed by atoms with van der Waals surface area (Å²) in [6.07, 6.45) is 25.4. The van der Waals surface area contributed by atoms with Crippen LogP contribution in [0.3, 0.4) is 0 Å². The molecule has 108 heavy (non-hydrogen) atoms. The molecule has 0 saturated heterocycles. The van der Waals surface area contributed by atoms with Crippen molar-refractivity contribution >= 4 is 64.6 Å². The Balaban J connectivity index is 0.000000172. The Morgan fingerprint density at radius 1 is 0.157 bits per heavy atom. The predicted molar refractivity (Wildman–Crippen MR) is 473 cm³/mol. The molecule has 0 fully saturated rings. The number of fused-ring (bicyclic) bond motifs is 10. The predicted octanol–water partition coefficient (Wildman–Crippen LogP) is 32.1. The van der Waals surface area contributed by atoms with Gasteiger partial charge in [0, 0.05) is 0 Å². The molecule has 16 rings (SSSR count). The van der Waals surface area contributed by atoms with Gasteiger partial charge in [-0.2, -0.15) is 0 Å². The maximum atomic E-state index is 2.42. The molecule has 0 saturated carbocycles. The first kappa shape index (κ1) is 72.6. The molecule has 0 bridgehead atoms. The zero-order valence-electron chi connectivity index (χ0n) is 64.2. The molecule has 0 aliphatic rings. The van der Waals surface area contributed by atoms with E-state index in [1.807, 2.05) is 0 Å². The highest BCUT2D eigenvalue weighted by Gasteiger charge is 2.20. The van der Waals surface area contributed by atoms with Crippen LogP contribution in [0.2, 0.25) is 0 Å². The first-order chi connectivity index (χ1) is 53.4. The Morgan fingerprint density at radius 2 is 0.361 bits per heavy atom. The molecule has 0 amide bonds. The van der Waals surface area contributed by atoms with Crippen LogP contribution in [0.4, 0.5) is 0 Å².